The lowest BCUT2D eigenvalue weighted by atomic mass is 10.0. The largest absolute Gasteiger partial charge is 0.455 e. The van der Waals surface area contributed by atoms with Gasteiger partial charge in [0.25, 0.3) is 0 Å². The molecule has 2 aliphatic heterocycles. The highest BCUT2D eigenvalue weighted by atomic mass is 31.2. The lowest BCUT2D eigenvalue weighted by molar-refractivity contribution is 0.463. The van der Waals surface area contributed by atoms with E-state index in [9.17, 15) is 0 Å². The Morgan fingerprint density at radius 3 is 1.63 bits per heavy atom. The van der Waals surface area contributed by atoms with E-state index in [1.807, 2.05) is 97.2 Å². The van der Waals surface area contributed by atoms with Gasteiger partial charge in [0.1, 0.15) is 28.3 Å². The second kappa shape index (κ2) is 9.05. The number of ether oxygens (including phenoxy) is 2. The van der Waals surface area contributed by atoms with Gasteiger partial charge in [0.05, 0.1) is 10.6 Å². The Bertz CT molecular complexity index is 1920. The summed E-state index contributed by atoms with van der Waals surface area (Å²) >= 11 is 0. The van der Waals surface area contributed by atoms with Gasteiger partial charge in [-0.1, -0.05) is 84.9 Å². The molecule has 0 bridgehead atoms. The van der Waals surface area contributed by atoms with Crippen LogP contribution < -0.4 is 25.4 Å². The number of para-hydroxylation sites is 2. The van der Waals surface area contributed by atoms with E-state index in [0.717, 1.165) is 38.9 Å². The van der Waals surface area contributed by atoms with Crippen LogP contribution in [0.3, 0.4) is 0 Å². The number of aryl methyl sites for hydroxylation is 1. The molecule has 0 unspecified atom stereocenters. The van der Waals surface area contributed by atoms with Crippen LogP contribution in [0.25, 0.3) is 33.4 Å². The van der Waals surface area contributed by atoms with Crippen molar-refractivity contribution in [2.75, 3.05) is 0 Å². The maximum Gasteiger partial charge on any atom is 0.185 e. The molecule has 41 heavy (non-hydrogen) atoms. The van der Waals surface area contributed by atoms with Crippen molar-refractivity contribution in [3.05, 3.63) is 133 Å². The molecule has 0 fully saturated rings. The van der Waals surface area contributed by atoms with Crippen LogP contribution in [-0.4, -0.2) is 4.98 Å². The molecule has 5 aromatic carbocycles. The molecule has 0 saturated heterocycles. The Morgan fingerprint density at radius 2 is 1.12 bits per heavy atom. The summed E-state index contributed by atoms with van der Waals surface area (Å²) in [5.74, 6) is 2.35. The first kappa shape index (κ1) is 23.9. The molecule has 0 aliphatic carbocycles. The van der Waals surface area contributed by atoms with E-state index in [0.29, 0.717) is 38.9 Å². The van der Waals surface area contributed by atoms with Gasteiger partial charge >= 0.3 is 0 Å². The Hall–Kier alpha value is -4.92. The van der Waals surface area contributed by atoms with Crippen LogP contribution in [0.2, 0.25) is 0 Å². The second-order valence-corrected chi connectivity index (χ2v) is 13.0. The lowest BCUT2D eigenvalue weighted by Gasteiger charge is -2.36. The quantitative estimate of drug-likeness (QED) is 0.208. The van der Waals surface area contributed by atoms with E-state index in [1.165, 1.54) is 0 Å². The molecule has 0 saturated carbocycles. The van der Waals surface area contributed by atoms with Crippen molar-refractivity contribution >= 4 is 23.1 Å². The molecule has 3 heterocycles. The first-order chi connectivity index (χ1) is 20.1. The molecule has 196 valence electrons. The number of nitrogens with zero attached hydrogens (tertiary/aromatic N) is 1. The molecule has 0 spiro atoms. The average Bonchev–Trinajstić information content (AvgIpc) is 3.01. The van der Waals surface area contributed by atoms with Crippen LogP contribution in [0.15, 0.2) is 128 Å². The zero-order valence-corrected chi connectivity index (χ0v) is 23.1. The summed E-state index contributed by atoms with van der Waals surface area (Å²) < 4.78 is 29.3. The second-order valence-electron chi connectivity index (χ2n) is 10.4. The van der Waals surface area contributed by atoms with Gasteiger partial charge in [0, 0.05) is 29.1 Å². The fourth-order valence-electron chi connectivity index (χ4n) is 6.01. The molecule has 2 aliphatic rings. The topological polar surface area (TPSA) is 48.4 Å². The van der Waals surface area contributed by atoms with Crippen molar-refractivity contribution < 1.29 is 14.0 Å². The molecular formula is C36H24NO3P. The monoisotopic (exact) mass is 549 g/mol. The minimum Gasteiger partial charge on any atom is -0.455 e. The Morgan fingerprint density at radius 1 is 0.585 bits per heavy atom. The number of hydrogen-bond acceptors (Lipinski definition) is 4. The molecule has 0 N–H and O–H groups in total. The smallest absolute Gasteiger partial charge is 0.185 e. The van der Waals surface area contributed by atoms with Gasteiger partial charge in [0.15, 0.2) is 7.14 Å². The van der Waals surface area contributed by atoms with Crippen LogP contribution in [0, 0.1) is 6.92 Å². The van der Waals surface area contributed by atoms with E-state index >= 15 is 4.57 Å². The molecule has 1 aromatic heterocycles. The number of aromatic nitrogens is 1. The molecule has 0 radical (unpaired) electrons. The summed E-state index contributed by atoms with van der Waals surface area (Å²) in [6.07, 6.45) is 3.63. The standard InChI is InChI=1S/C36H24NO3P/c1-23-18-19-37-22-29(23)26-20-30-36-31(21-26)40-35-28(25-12-6-3-7-13-25)15-9-17-33(35)41(36,38)32-16-8-14-27(34(32)39-30)24-10-4-2-5-11-24/h2-22H,1H3. The highest BCUT2D eigenvalue weighted by molar-refractivity contribution is 7.86. The molecule has 0 atom stereocenters. The minimum absolute atomic E-state index is 0.552. The van der Waals surface area contributed by atoms with Crippen molar-refractivity contribution in [2.45, 2.75) is 6.92 Å². The van der Waals surface area contributed by atoms with Crippen molar-refractivity contribution in [1.82, 2.24) is 4.98 Å². The Balaban J connectivity index is 1.46. The predicted molar refractivity (Wildman–Crippen MR) is 165 cm³/mol. The van der Waals surface area contributed by atoms with Crippen molar-refractivity contribution in [3.63, 3.8) is 0 Å². The molecular weight excluding hydrogens is 525 g/mol. The number of hydrogen-bond donors (Lipinski definition) is 0. The lowest BCUT2D eigenvalue weighted by Crippen LogP contribution is -2.35. The van der Waals surface area contributed by atoms with Gasteiger partial charge in [-0.15, -0.1) is 0 Å². The normalized spacial score (nSPS) is 13.7. The number of benzene rings is 5. The minimum atomic E-state index is -3.40. The zero-order chi connectivity index (χ0) is 27.6. The summed E-state index contributed by atoms with van der Waals surface area (Å²) in [7, 11) is -3.40. The van der Waals surface area contributed by atoms with Gasteiger partial charge in [-0.3, -0.25) is 4.98 Å². The van der Waals surface area contributed by atoms with E-state index in [4.69, 9.17) is 9.47 Å². The third-order valence-electron chi connectivity index (χ3n) is 7.97. The van der Waals surface area contributed by atoms with Gasteiger partial charge in [0.2, 0.25) is 0 Å². The van der Waals surface area contributed by atoms with Gasteiger partial charge in [-0.2, -0.15) is 0 Å². The van der Waals surface area contributed by atoms with Crippen molar-refractivity contribution in [3.8, 4) is 56.4 Å². The number of pyridine rings is 1. The van der Waals surface area contributed by atoms with E-state index < -0.39 is 7.14 Å². The first-order valence-corrected chi connectivity index (χ1v) is 15.3. The van der Waals surface area contributed by atoms with Gasteiger partial charge in [-0.25, -0.2) is 0 Å². The highest BCUT2D eigenvalue weighted by Gasteiger charge is 2.48. The summed E-state index contributed by atoms with van der Waals surface area (Å²) in [6, 6.07) is 38.0. The van der Waals surface area contributed by atoms with Crippen molar-refractivity contribution in [2.24, 2.45) is 0 Å². The van der Waals surface area contributed by atoms with Crippen LogP contribution in [0.1, 0.15) is 5.56 Å². The molecule has 0 amide bonds. The molecule has 6 aromatic rings. The fourth-order valence-corrected chi connectivity index (χ4v) is 9.09. The maximum absolute atomic E-state index is 15.9. The summed E-state index contributed by atoms with van der Waals surface area (Å²) in [5.41, 5.74) is 6.77. The third kappa shape index (κ3) is 3.54. The predicted octanol–water partition coefficient (Wildman–Crippen LogP) is 8.24. The van der Waals surface area contributed by atoms with E-state index in [-0.39, 0.29) is 0 Å². The molecule has 8 rings (SSSR count). The first-order valence-electron chi connectivity index (χ1n) is 13.6. The van der Waals surface area contributed by atoms with E-state index in [1.54, 1.807) is 6.20 Å². The fraction of sp³-hybridized carbons (Fsp3) is 0.0278. The molecule has 4 nitrogen and oxygen atoms in total. The van der Waals surface area contributed by atoms with Gasteiger partial charge in [-0.05, 0) is 59.5 Å². The van der Waals surface area contributed by atoms with Crippen LogP contribution in [-0.2, 0) is 4.57 Å². The average molecular weight is 550 g/mol. The molecule has 5 heteroatoms. The summed E-state index contributed by atoms with van der Waals surface area (Å²) in [6.45, 7) is 2.06. The SMILES string of the molecule is Cc1ccncc1-c1cc2c3c(c1)Oc1c(-c4ccccc4)cccc1P3(=O)c1cccc(-c3ccccc3)c1O2. The summed E-state index contributed by atoms with van der Waals surface area (Å²) in [5, 5.41) is 1.98. The van der Waals surface area contributed by atoms with Crippen molar-refractivity contribution in [1.29, 1.82) is 0 Å². The maximum atomic E-state index is 15.9. The summed E-state index contributed by atoms with van der Waals surface area (Å²) in [4.78, 5) is 4.38. The Kier molecular flexibility index (Phi) is 5.28. The van der Waals surface area contributed by atoms with Crippen LogP contribution in [0.5, 0.6) is 23.0 Å². The van der Waals surface area contributed by atoms with Crippen LogP contribution in [0.4, 0.5) is 0 Å². The van der Waals surface area contributed by atoms with Crippen LogP contribution >= 0.6 is 7.14 Å². The number of fused-ring (bicyclic) bond motifs is 4. The number of rotatable bonds is 3. The zero-order valence-electron chi connectivity index (χ0n) is 22.2. The van der Waals surface area contributed by atoms with E-state index in [2.05, 4.69) is 36.2 Å². The third-order valence-corrected chi connectivity index (χ3v) is 11.1. The Labute approximate surface area is 238 Å². The highest BCUT2D eigenvalue weighted by Crippen LogP contribution is 2.61. The van der Waals surface area contributed by atoms with Gasteiger partial charge < -0.3 is 14.0 Å².